The maximum absolute atomic E-state index is 9.52. The molecule has 0 spiro atoms. The van der Waals surface area contributed by atoms with Crippen molar-refractivity contribution < 1.29 is 53.2 Å². The predicted octanol–water partition coefficient (Wildman–Crippen LogP) is -1.43. The van der Waals surface area contributed by atoms with Crippen molar-refractivity contribution in [3.05, 3.63) is 0 Å². The fourth-order valence-corrected chi connectivity index (χ4v) is 1.27. The molecule has 0 aromatic rings. The molecule has 0 radical (unpaired) electrons. The molecule has 0 atom stereocenters. The molecule has 0 aromatic carbocycles. The van der Waals surface area contributed by atoms with Gasteiger partial charge in [0, 0.05) is 0 Å². The van der Waals surface area contributed by atoms with Gasteiger partial charge in [-0.3, -0.25) is 0 Å². The molecule has 0 heterocycles. The third-order valence-electron chi connectivity index (χ3n) is 0.175. The van der Waals surface area contributed by atoms with Gasteiger partial charge in [-0.05, 0) is 0 Å². The summed E-state index contributed by atoms with van der Waals surface area (Å²) in [6, 6.07) is 0. The van der Waals surface area contributed by atoms with Gasteiger partial charge in [0.05, 0.1) is 0 Å². The molecule has 7 heteroatoms. The van der Waals surface area contributed by atoms with Gasteiger partial charge in [-0.2, -0.15) is 0 Å². The van der Waals surface area contributed by atoms with Crippen molar-refractivity contribution in [2.75, 3.05) is 0 Å². The van der Waals surface area contributed by atoms with E-state index in [1.807, 2.05) is 0 Å². The first-order chi connectivity index (χ1) is 3.13. The van der Waals surface area contributed by atoms with Gasteiger partial charge in [0.1, 0.15) is 0 Å². The Kier molecular flexibility index (Phi) is 4.36. The Balaban J connectivity index is 3.32. The van der Waals surface area contributed by atoms with Crippen molar-refractivity contribution in [1.82, 2.24) is 0 Å². The first-order valence-electron chi connectivity index (χ1n) is 1.26. The summed E-state index contributed by atoms with van der Waals surface area (Å²) in [6.45, 7) is 0. The van der Waals surface area contributed by atoms with E-state index in [4.69, 9.17) is 7.38 Å². The Labute approximate surface area is 53.1 Å². The summed E-state index contributed by atoms with van der Waals surface area (Å²) in [7, 11) is 0. The minimum atomic E-state index is -3.69. The second-order valence-corrected chi connectivity index (χ2v) is 3.93. The number of hydrogen-bond acceptors (Lipinski definition) is 3. The van der Waals surface area contributed by atoms with Gasteiger partial charge < -0.3 is 0 Å². The van der Waals surface area contributed by atoms with E-state index in [2.05, 4.69) is 1.90 Å². The van der Waals surface area contributed by atoms with Crippen LogP contribution in [-0.4, -0.2) is 7.38 Å². The van der Waals surface area contributed by atoms with E-state index in [1.54, 1.807) is 0 Å². The van der Waals surface area contributed by atoms with Gasteiger partial charge in [0.25, 0.3) is 0 Å². The number of rotatable bonds is 2. The molecule has 0 aromatic heterocycles. The third-order valence-corrected chi connectivity index (χ3v) is 2.97. The Hall–Kier alpha value is 0.909. The van der Waals surface area contributed by atoms with Crippen LogP contribution in [0.1, 0.15) is 0 Å². The first-order valence-corrected chi connectivity index (χ1v) is 5.21. The molecule has 2 N–H and O–H groups in total. The van der Waals surface area contributed by atoms with E-state index in [0.29, 0.717) is 0 Å². The van der Waals surface area contributed by atoms with Gasteiger partial charge in [-0.1, -0.05) is 0 Å². The third kappa shape index (κ3) is 6.91. The molecule has 7 heavy (non-hydrogen) atoms. The molecule has 5 nitrogen and oxygen atoms in total. The van der Waals surface area contributed by atoms with Crippen LogP contribution in [0.3, 0.4) is 0 Å². The van der Waals surface area contributed by atoms with Gasteiger partial charge in [0.2, 0.25) is 0 Å². The van der Waals surface area contributed by atoms with E-state index in [1.165, 1.54) is 0 Å². The molecule has 0 aliphatic rings. The summed E-state index contributed by atoms with van der Waals surface area (Å²) in [5.74, 6) is 0. The molecule has 40 valence electrons. The van der Waals surface area contributed by atoms with Crippen molar-refractivity contribution in [3.8, 4) is 0 Å². The number of hydrogen-bond donors (Lipinski definition) is 2. The zero-order chi connectivity index (χ0) is 5.86. The van der Waals surface area contributed by atoms with Gasteiger partial charge in [-0.25, -0.2) is 0 Å². The average molecular weight is 178 g/mol. The second kappa shape index (κ2) is 3.86. The van der Waals surface area contributed by atoms with Gasteiger partial charge in [-0.15, -0.1) is 0 Å². The fraction of sp³-hybridized carbons (Fsp3) is 0. The Bertz CT molecular complexity index is 82.3. The van der Waals surface area contributed by atoms with Crippen LogP contribution in [0.4, 0.5) is 0 Å². The van der Waals surface area contributed by atoms with Crippen LogP contribution in [0.25, 0.3) is 0 Å². The van der Waals surface area contributed by atoms with Crippen molar-refractivity contribution in [3.63, 3.8) is 0 Å². The fourth-order valence-electron chi connectivity index (χ4n) is 0.0747. The second-order valence-electron chi connectivity index (χ2n) is 0.634. The van der Waals surface area contributed by atoms with Crippen molar-refractivity contribution >= 4 is 0 Å². The summed E-state index contributed by atoms with van der Waals surface area (Å²) < 4.78 is 38.2. The zero-order valence-electron chi connectivity index (χ0n) is 3.12. The standard InChI is InChI=1S/2H2O.3O.2Ti/h2*1H2;;;;;/q;;;;;2*+1/p-2. The topological polar surface area (TPSA) is 83.8 Å². The van der Waals surface area contributed by atoms with Crippen LogP contribution in [0.2, 0.25) is 0 Å². The SMILES string of the molecule is [O]=[Ti]([OH])[O][Ti](=[O])[OH]. The summed E-state index contributed by atoms with van der Waals surface area (Å²) in [5, 5.41) is 0. The van der Waals surface area contributed by atoms with Crippen LogP contribution in [0.5, 0.6) is 0 Å². The van der Waals surface area contributed by atoms with Crippen LogP contribution >= 0.6 is 0 Å². The van der Waals surface area contributed by atoms with Crippen molar-refractivity contribution in [2.45, 2.75) is 0 Å². The first kappa shape index (κ1) is 7.91. The summed E-state index contributed by atoms with van der Waals surface area (Å²) in [6.07, 6.45) is 0. The molecule has 0 saturated carbocycles. The molecule has 0 amide bonds. The summed E-state index contributed by atoms with van der Waals surface area (Å²) in [4.78, 5) is 0. The van der Waals surface area contributed by atoms with E-state index in [0.717, 1.165) is 0 Å². The van der Waals surface area contributed by atoms with Crippen molar-refractivity contribution in [1.29, 1.82) is 0 Å². The molecule has 0 aliphatic heterocycles. The average Bonchev–Trinajstić information content (AvgIpc) is 1.27. The molecule has 0 bridgehead atoms. The van der Waals surface area contributed by atoms with Crippen molar-refractivity contribution in [2.24, 2.45) is 0 Å². The molecular formula is H2O5Ti2. The minimum absolute atomic E-state index is 3.58. The monoisotopic (exact) mass is 178 g/mol. The molecule has 0 aliphatic carbocycles. The van der Waals surface area contributed by atoms with Crippen LogP contribution < -0.4 is 0 Å². The quantitative estimate of drug-likeness (QED) is 0.506. The van der Waals surface area contributed by atoms with Gasteiger partial charge >= 0.3 is 53.2 Å². The molecular weight excluding hydrogens is 176 g/mol. The molecule has 0 unspecified atom stereocenters. The molecule has 0 fully saturated rings. The normalized spacial score (nSPS) is 8.29. The summed E-state index contributed by atoms with van der Waals surface area (Å²) in [5.41, 5.74) is 0. The predicted molar refractivity (Wildman–Crippen MR) is 6.90 cm³/mol. The van der Waals surface area contributed by atoms with Crippen LogP contribution in [-0.2, 0) is 45.8 Å². The van der Waals surface area contributed by atoms with Crippen LogP contribution in [0, 0.1) is 0 Å². The maximum atomic E-state index is 9.52. The molecule has 0 saturated heterocycles. The summed E-state index contributed by atoms with van der Waals surface area (Å²) >= 11 is -7.37. The van der Waals surface area contributed by atoms with E-state index < -0.39 is 37.2 Å². The molecule has 0 rings (SSSR count). The Morgan fingerprint density at radius 2 is 1.43 bits per heavy atom. The Morgan fingerprint density at radius 1 is 1.14 bits per heavy atom. The van der Waals surface area contributed by atoms with Crippen LogP contribution in [0.15, 0.2) is 0 Å². The van der Waals surface area contributed by atoms with Gasteiger partial charge in [0.15, 0.2) is 0 Å². The van der Waals surface area contributed by atoms with E-state index in [-0.39, 0.29) is 0 Å². The Morgan fingerprint density at radius 3 is 1.43 bits per heavy atom. The van der Waals surface area contributed by atoms with E-state index >= 15 is 0 Å². The zero-order valence-corrected chi connectivity index (χ0v) is 6.24. The van der Waals surface area contributed by atoms with E-state index in [9.17, 15) is 6.65 Å².